The van der Waals surface area contributed by atoms with E-state index in [1.54, 1.807) is 0 Å². The molecule has 1 aliphatic carbocycles. The van der Waals surface area contributed by atoms with Crippen LogP contribution in [0, 0.1) is 16.7 Å². The standard InChI is InChI=1S/C13H21NO3/c1-3-16-13(9-10-15,17-4-2)12(11-14)7-5-6-8-12/h10H,3-9H2,1-2H3. The van der Waals surface area contributed by atoms with Crippen molar-refractivity contribution in [3.63, 3.8) is 0 Å². The van der Waals surface area contributed by atoms with Crippen LogP contribution in [0.4, 0.5) is 0 Å². The second-order valence-corrected chi connectivity index (χ2v) is 4.39. The van der Waals surface area contributed by atoms with E-state index in [4.69, 9.17) is 9.47 Å². The highest BCUT2D eigenvalue weighted by molar-refractivity contribution is 5.51. The third-order valence-corrected chi connectivity index (χ3v) is 3.51. The number of hydrogen-bond acceptors (Lipinski definition) is 4. The van der Waals surface area contributed by atoms with E-state index in [1.807, 2.05) is 13.8 Å². The molecule has 17 heavy (non-hydrogen) atoms. The molecular formula is C13H21NO3. The van der Waals surface area contributed by atoms with E-state index >= 15 is 0 Å². The van der Waals surface area contributed by atoms with Crippen molar-refractivity contribution >= 4 is 6.29 Å². The molecule has 0 bridgehead atoms. The third kappa shape index (κ3) is 2.51. The molecule has 0 radical (unpaired) electrons. The predicted molar refractivity (Wildman–Crippen MR) is 63.2 cm³/mol. The molecule has 0 aliphatic heterocycles. The molecule has 0 spiro atoms. The molecule has 0 heterocycles. The molecule has 0 amide bonds. The number of rotatable bonds is 7. The van der Waals surface area contributed by atoms with E-state index in [2.05, 4.69) is 6.07 Å². The van der Waals surface area contributed by atoms with Gasteiger partial charge in [0.15, 0.2) is 5.79 Å². The molecule has 0 saturated heterocycles. The largest absolute Gasteiger partial charge is 0.348 e. The van der Waals surface area contributed by atoms with E-state index in [-0.39, 0.29) is 6.42 Å². The van der Waals surface area contributed by atoms with Gasteiger partial charge in [0.2, 0.25) is 0 Å². The summed E-state index contributed by atoms with van der Waals surface area (Å²) in [5.74, 6) is -1.05. The Morgan fingerprint density at radius 3 is 2.18 bits per heavy atom. The van der Waals surface area contributed by atoms with Crippen LogP contribution < -0.4 is 0 Å². The molecule has 96 valence electrons. The fraction of sp³-hybridized carbons (Fsp3) is 0.846. The number of aldehydes is 1. The zero-order chi connectivity index (χ0) is 12.8. The van der Waals surface area contributed by atoms with Gasteiger partial charge in [0.25, 0.3) is 0 Å². The van der Waals surface area contributed by atoms with E-state index in [0.29, 0.717) is 13.2 Å². The normalized spacial score (nSPS) is 18.9. The number of hydrogen-bond donors (Lipinski definition) is 0. The molecule has 1 fully saturated rings. The summed E-state index contributed by atoms with van der Waals surface area (Å²) in [6.45, 7) is 4.60. The van der Waals surface area contributed by atoms with Crippen LogP contribution in [0.5, 0.6) is 0 Å². The minimum Gasteiger partial charge on any atom is -0.348 e. The number of ether oxygens (including phenoxy) is 2. The summed E-state index contributed by atoms with van der Waals surface area (Å²) in [4.78, 5) is 10.9. The van der Waals surface area contributed by atoms with Crippen molar-refractivity contribution < 1.29 is 14.3 Å². The van der Waals surface area contributed by atoms with Crippen LogP contribution in [0.1, 0.15) is 46.0 Å². The van der Waals surface area contributed by atoms with Crippen molar-refractivity contribution in [3.05, 3.63) is 0 Å². The average molecular weight is 239 g/mol. The Morgan fingerprint density at radius 2 is 1.82 bits per heavy atom. The summed E-state index contributed by atoms with van der Waals surface area (Å²) in [5, 5.41) is 9.51. The molecule has 4 nitrogen and oxygen atoms in total. The minimum absolute atomic E-state index is 0.127. The fourth-order valence-electron chi connectivity index (χ4n) is 2.76. The lowest BCUT2D eigenvalue weighted by atomic mass is 9.77. The highest BCUT2D eigenvalue weighted by Gasteiger charge is 2.55. The lowest BCUT2D eigenvalue weighted by Gasteiger charge is -2.42. The minimum atomic E-state index is -1.05. The molecule has 0 N–H and O–H groups in total. The summed E-state index contributed by atoms with van der Waals surface area (Å²) >= 11 is 0. The summed E-state index contributed by atoms with van der Waals surface area (Å²) in [6.07, 6.45) is 4.41. The highest BCUT2D eigenvalue weighted by atomic mass is 16.7. The Labute approximate surface area is 103 Å². The van der Waals surface area contributed by atoms with E-state index in [0.717, 1.165) is 32.0 Å². The summed E-state index contributed by atoms with van der Waals surface area (Å²) in [7, 11) is 0. The highest BCUT2D eigenvalue weighted by Crippen LogP contribution is 2.49. The first kappa shape index (κ1) is 14.1. The molecule has 4 heteroatoms. The maximum atomic E-state index is 10.9. The number of carbonyl (C=O) groups is 1. The van der Waals surface area contributed by atoms with Crippen molar-refractivity contribution in [2.45, 2.75) is 51.7 Å². The zero-order valence-corrected chi connectivity index (χ0v) is 10.7. The second-order valence-electron chi connectivity index (χ2n) is 4.39. The Balaban J connectivity index is 3.08. The van der Waals surface area contributed by atoms with E-state index < -0.39 is 11.2 Å². The Hall–Kier alpha value is -0.920. The summed E-state index contributed by atoms with van der Waals surface area (Å²) in [6, 6.07) is 2.36. The van der Waals surface area contributed by atoms with Gasteiger partial charge in [-0.2, -0.15) is 5.26 Å². The summed E-state index contributed by atoms with van der Waals surface area (Å²) in [5.41, 5.74) is -0.667. The van der Waals surface area contributed by atoms with Gasteiger partial charge in [-0.3, -0.25) is 0 Å². The maximum absolute atomic E-state index is 10.9. The van der Waals surface area contributed by atoms with Crippen LogP contribution in [-0.2, 0) is 14.3 Å². The first-order valence-corrected chi connectivity index (χ1v) is 6.33. The van der Waals surface area contributed by atoms with Gasteiger partial charge in [0.1, 0.15) is 11.7 Å². The molecule has 0 atom stereocenters. The lowest BCUT2D eigenvalue weighted by Crippen LogP contribution is -2.51. The van der Waals surface area contributed by atoms with Crippen molar-refractivity contribution in [1.29, 1.82) is 5.26 Å². The van der Waals surface area contributed by atoms with Gasteiger partial charge in [0.05, 0.1) is 12.5 Å². The number of nitrogens with zero attached hydrogens (tertiary/aromatic N) is 1. The van der Waals surface area contributed by atoms with Gasteiger partial charge in [-0.25, -0.2) is 0 Å². The predicted octanol–water partition coefficient (Wildman–Crippen LogP) is 2.43. The number of nitriles is 1. The molecule has 0 unspecified atom stereocenters. The zero-order valence-electron chi connectivity index (χ0n) is 10.7. The van der Waals surface area contributed by atoms with Crippen molar-refractivity contribution in [1.82, 2.24) is 0 Å². The van der Waals surface area contributed by atoms with Gasteiger partial charge >= 0.3 is 0 Å². The Bertz CT molecular complexity index is 284. The van der Waals surface area contributed by atoms with Crippen LogP contribution >= 0.6 is 0 Å². The SMILES string of the molecule is CCOC(CC=O)(OCC)C1(C#N)CCCC1. The lowest BCUT2D eigenvalue weighted by molar-refractivity contribution is -0.280. The topological polar surface area (TPSA) is 59.3 Å². The van der Waals surface area contributed by atoms with Gasteiger partial charge in [-0.15, -0.1) is 0 Å². The molecular weight excluding hydrogens is 218 g/mol. The van der Waals surface area contributed by atoms with Gasteiger partial charge in [0, 0.05) is 13.2 Å². The summed E-state index contributed by atoms with van der Waals surface area (Å²) < 4.78 is 11.4. The maximum Gasteiger partial charge on any atom is 0.193 e. The number of carbonyl (C=O) groups excluding carboxylic acids is 1. The van der Waals surface area contributed by atoms with Crippen molar-refractivity contribution in [2.24, 2.45) is 5.41 Å². The first-order valence-electron chi connectivity index (χ1n) is 6.33. The smallest absolute Gasteiger partial charge is 0.193 e. The quantitative estimate of drug-likeness (QED) is 0.505. The van der Waals surface area contributed by atoms with E-state index in [1.165, 1.54) is 0 Å². The van der Waals surface area contributed by atoms with Gasteiger partial charge in [-0.05, 0) is 26.7 Å². The van der Waals surface area contributed by atoms with Gasteiger partial charge < -0.3 is 14.3 Å². The van der Waals surface area contributed by atoms with Gasteiger partial charge in [-0.1, -0.05) is 12.8 Å². The van der Waals surface area contributed by atoms with Crippen LogP contribution in [-0.4, -0.2) is 25.3 Å². The molecule has 0 aromatic rings. The first-order chi connectivity index (χ1) is 8.20. The monoisotopic (exact) mass is 239 g/mol. The molecule has 0 aromatic heterocycles. The Kier molecular flexibility index (Phi) is 5.10. The van der Waals surface area contributed by atoms with Crippen LogP contribution in [0.2, 0.25) is 0 Å². The van der Waals surface area contributed by atoms with Crippen LogP contribution in [0.15, 0.2) is 0 Å². The molecule has 1 saturated carbocycles. The molecule has 1 aliphatic rings. The van der Waals surface area contributed by atoms with Crippen molar-refractivity contribution in [3.8, 4) is 6.07 Å². The molecule has 1 rings (SSSR count). The Morgan fingerprint density at radius 1 is 1.29 bits per heavy atom. The molecule has 0 aromatic carbocycles. The van der Waals surface area contributed by atoms with E-state index in [9.17, 15) is 10.1 Å². The van der Waals surface area contributed by atoms with Crippen molar-refractivity contribution in [2.75, 3.05) is 13.2 Å². The van der Waals surface area contributed by atoms with Crippen LogP contribution in [0.25, 0.3) is 0 Å². The average Bonchev–Trinajstić information content (AvgIpc) is 2.80. The van der Waals surface area contributed by atoms with Crippen LogP contribution in [0.3, 0.4) is 0 Å². The fourth-order valence-corrected chi connectivity index (χ4v) is 2.76. The second kappa shape index (κ2) is 6.13. The third-order valence-electron chi connectivity index (χ3n) is 3.51.